The number of aryl methyl sites for hydroxylation is 1. The first-order valence-electron chi connectivity index (χ1n) is 5.96. The minimum Gasteiger partial charge on any atom is -0.491 e. The molecule has 2 rings (SSSR count). The molecular formula is C13H16N2O4. The molecule has 4 N–H and O–H groups in total. The van der Waals surface area contributed by atoms with Crippen LogP contribution in [0, 0.1) is 0 Å². The van der Waals surface area contributed by atoms with E-state index in [0.717, 1.165) is 11.3 Å². The lowest BCUT2D eigenvalue weighted by molar-refractivity contribution is -0.143. The van der Waals surface area contributed by atoms with E-state index in [9.17, 15) is 9.59 Å². The van der Waals surface area contributed by atoms with E-state index in [1.54, 1.807) is 18.2 Å². The number of aliphatic carboxylic acids is 1. The Morgan fingerprint density at radius 1 is 1.53 bits per heavy atom. The van der Waals surface area contributed by atoms with Gasteiger partial charge >= 0.3 is 5.97 Å². The first-order valence-corrected chi connectivity index (χ1v) is 5.96. The second-order valence-electron chi connectivity index (χ2n) is 4.88. The average Bonchev–Trinajstić information content (AvgIpc) is 2.36. The number of carboxylic acids is 1. The van der Waals surface area contributed by atoms with Crippen LogP contribution in [0.5, 0.6) is 5.75 Å². The van der Waals surface area contributed by atoms with Crippen molar-refractivity contribution in [2.75, 3.05) is 11.9 Å². The normalized spacial score (nSPS) is 17.1. The quantitative estimate of drug-likeness (QED) is 0.745. The molecule has 0 bridgehead atoms. The number of benzene rings is 1. The molecule has 19 heavy (non-hydrogen) atoms. The molecule has 1 heterocycles. The van der Waals surface area contributed by atoms with Crippen molar-refractivity contribution in [1.29, 1.82) is 0 Å². The number of amides is 1. The van der Waals surface area contributed by atoms with Crippen molar-refractivity contribution in [3.05, 3.63) is 23.8 Å². The number of anilines is 1. The second kappa shape index (κ2) is 4.89. The van der Waals surface area contributed by atoms with Crippen LogP contribution in [0.2, 0.25) is 0 Å². The maximum Gasteiger partial charge on any atom is 0.326 e. The molecule has 1 atom stereocenters. The van der Waals surface area contributed by atoms with Gasteiger partial charge in [-0.25, -0.2) is 0 Å². The number of hydrogen-bond donors (Lipinski definition) is 3. The standard InChI is InChI=1S/C13H16N2O4/c1-13(14,12(17)18)7-19-9-3-4-10-8(6-9)2-5-11(16)15-10/h3-4,6H,2,5,7,14H2,1H3,(H,15,16)(H,17,18). The number of carbonyl (C=O) groups is 2. The molecule has 1 aromatic carbocycles. The molecule has 6 heteroatoms. The Hall–Kier alpha value is -2.08. The third kappa shape index (κ3) is 3.03. The highest BCUT2D eigenvalue weighted by molar-refractivity contribution is 5.94. The van der Waals surface area contributed by atoms with Crippen molar-refractivity contribution in [3.8, 4) is 5.75 Å². The lowest BCUT2D eigenvalue weighted by Gasteiger charge is -2.21. The Morgan fingerprint density at radius 2 is 2.26 bits per heavy atom. The highest BCUT2D eigenvalue weighted by Crippen LogP contribution is 2.27. The molecule has 0 saturated heterocycles. The van der Waals surface area contributed by atoms with Crippen LogP contribution in [-0.2, 0) is 16.0 Å². The molecule has 1 aromatic rings. The van der Waals surface area contributed by atoms with Gasteiger partial charge < -0.3 is 20.9 Å². The highest BCUT2D eigenvalue weighted by atomic mass is 16.5. The Labute approximate surface area is 110 Å². The van der Waals surface area contributed by atoms with Crippen LogP contribution in [0.15, 0.2) is 18.2 Å². The van der Waals surface area contributed by atoms with Gasteiger partial charge in [-0.1, -0.05) is 0 Å². The summed E-state index contributed by atoms with van der Waals surface area (Å²) in [6, 6.07) is 5.23. The molecule has 0 radical (unpaired) electrons. The van der Waals surface area contributed by atoms with E-state index in [1.165, 1.54) is 6.92 Å². The van der Waals surface area contributed by atoms with Crippen LogP contribution < -0.4 is 15.8 Å². The van der Waals surface area contributed by atoms with E-state index in [0.29, 0.717) is 18.6 Å². The molecule has 102 valence electrons. The lowest BCUT2D eigenvalue weighted by Crippen LogP contribution is -2.49. The Balaban J connectivity index is 2.07. The zero-order valence-electron chi connectivity index (χ0n) is 10.6. The van der Waals surface area contributed by atoms with E-state index in [-0.39, 0.29) is 12.5 Å². The van der Waals surface area contributed by atoms with E-state index in [2.05, 4.69) is 5.32 Å². The van der Waals surface area contributed by atoms with Crippen LogP contribution >= 0.6 is 0 Å². The molecule has 1 aliphatic rings. The minimum absolute atomic E-state index is 0.00146. The summed E-state index contributed by atoms with van der Waals surface area (Å²) in [6.07, 6.45) is 1.09. The smallest absolute Gasteiger partial charge is 0.326 e. The van der Waals surface area contributed by atoms with Gasteiger partial charge in [-0.2, -0.15) is 0 Å². The van der Waals surface area contributed by atoms with Crippen molar-refractivity contribution < 1.29 is 19.4 Å². The molecule has 0 aliphatic carbocycles. The number of hydrogen-bond acceptors (Lipinski definition) is 4. The van der Waals surface area contributed by atoms with Gasteiger partial charge in [0, 0.05) is 12.1 Å². The second-order valence-corrected chi connectivity index (χ2v) is 4.88. The van der Waals surface area contributed by atoms with Crippen LogP contribution in [-0.4, -0.2) is 29.1 Å². The number of rotatable bonds is 4. The van der Waals surface area contributed by atoms with Crippen molar-refractivity contribution in [1.82, 2.24) is 0 Å². The SMILES string of the molecule is CC(N)(COc1ccc2c(c1)CCC(=O)N2)C(=O)O. The maximum absolute atomic E-state index is 11.2. The summed E-state index contributed by atoms with van der Waals surface area (Å²) in [6.45, 7) is 1.28. The first kappa shape index (κ1) is 13.4. The fourth-order valence-corrected chi connectivity index (χ4v) is 1.74. The predicted molar refractivity (Wildman–Crippen MR) is 69.1 cm³/mol. The summed E-state index contributed by atoms with van der Waals surface area (Å²) >= 11 is 0. The van der Waals surface area contributed by atoms with Crippen molar-refractivity contribution in [3.63, 3.8) is 0 Å². The summed E-state index contributed by atoms with van der Waals surface area (Å²) in [5, 5.41) is 11.7. The van der Waals surface area contributed by atoms with Crippen LogP contribution in [0.1, 0.15) is 18.9 Å². The van der Waals surface area contributed by atoms with Crippen LogP contribution in [0.3, 0.4) is 0 Å². The van der Waals surface area contributed by atoms with Crippen molar-refractivity contribution in [2.45, 2.75) is 25.3 Å². The fourth-order valence-electron chi connectivity index (χ4n) is 1.74. The molecule has 0 saturated carbocycles. The molecular weight excluding hydrogens is 248 g/mol. The predicted octanol–water partition coefficient (Wildman–Crippen LogP) is 0.752. The van der Waals surface area contributed by atoms with Gasteiger partial charge in [0.1, 0.15) is 17.9 Å². The maximum atomic E-state index is 11.2. The number of fused-ring (bicyclic) bond motifs is 1. The third-order valence-corrected chi connectivity index (χ3v) is 3.00. The number of ether oxygens (including phenoxy) is 1. The third-order valence-electron chi connectivity index (χ3n) is 3.00. The van der Waals surface area contributed by atoms with E-state index < -0.39 is 11.5 Å². The summed E-state index contributed by atoms with van der Waals surface area (Å²) in [7, 11) is 0. The zero-order valence-corrected chi connectivity index (χ0v) is 10.6. The van der Waals surface area contributed by atoms with E-state index >= 15 is 0 Å². The van der Waals surface area contributed by atoms with Gasteiger partial charge in [-0.05, 0) is 37.1 Å². The van der Waals surface area contributed by atoms with Crippen molar-refractivity contribution in [2.24, 2.45) is 5.73 Å². The van der Waals surface area contributed by atoms with Gasteiger partial charge in [0.15, 0.2) is 0 Å². The zero-order chi connectivity index (χ0) is 14.0. The number of nitrogens with two attached hydrogens (primary N) is 1. The van der Waals surface area contributed by atoms with Crippen LogP contribution in [0.25, 0.3) is 0 Å². The van der Waals surface area contributed by atoms with Crippen molar-refractivity contribution >= 4 is 17.6 Å². The summed E-state index contributed by atoms with van der Waals surface area (Å²) in [4.78, 5) is 22.1. The van der Waals surface area contributed by atoms with E-state index in [4.69, 9.17) is 15.6 Å². The van der Waals surface area contributed by atoms with Gasteiger partial charge in [0.25, 0.3) is 0 Å². The summed E-state index contributed by atoms with van der Waals surface area (Å²) < 4.78 is 5.41. The molecule has 1 unspecified atom stereocenters. The molecule has 1 aliphatic heterocycles. The first-order chi connectivity index (χ1) is 8.88. The Morgan fingerprint density at radius 3 is 2.95 bits per heavy atom. The molecule has 6 nitrogen and oxygen atoms in total. The summed E-state index contributed by atoms with van der Waals surface area (Å²) in [5.74, 6) is -0.563. The largest absolute Gasteiger partial charge is 0.491 e. The Bertz CT molecular complexity index is 525. The number of carbonyl (C=O) groups excluding carboxylic acids is 1. The molecule has 0 spiro atoms. The van der Waals surface area contributed by atoms with Crippen LogP contribution in [0.4, 0.5) is 5.69 Å². The minimum atomic E-state index is -1.43. The molecule has 1 amide bonds. The number of nitrogens with one attached hydrogen (secondary N) is 1. The van der Waals surface area contributed by atoms with Gasteiger partial charge in [-0.3, -0.25) is 9.59 Å². The fraction of sp³-hybridized carbons (Fsp3) is 0.385. The Kier molecular flexibility index (Phi) is 3.44. The monoisotopic (exact) mass is 264 g/mol. The highest BCUT2D eigenvalue weighted by Gasteiger charge is 2.29. The average molecular weight is 264 g/mol. The molecule has 0 aromatic heterocycles. The topological polar surface area (TPSA) is 102 Å². The van der Waals surface area contributed by atoms with Gasteiger partial charge in [0.05, 0.1) is 0 Å². The van der Waals surface area contributed by atoms with Gasteiger partial charge in [0.2, 0.25) is 5.91 Å². The van der Waals surface area contributed by atoms with Gasteiger partial charge in [-0.15, -0.1) is 0 Å². The summed E-state index contributed by atoms with van der Waals surface area (Å²) in [5.41, 5.74) is 5.91. The lowest BCUT2D eigenvalue weighted by atomic mass is 10.0. The number of carboxylic acid groups (broad SMARTS) is 1. The molecule has 0 fully saturated rings. The van der Waals surface area contributed by atoms with E-state index in [1.807, 2.05) is 0 Å².